The van der Waals surface area contributed by atoms with Crippen LogP contribution in [0.25, 0.3) is 0 Å². The van der Waals surface area contributed by atoms with Gasteiger partial charge in [0, 0.05) is 10.4 Å². The monoisotopic (exact) mass is 364 g/mol. The number of carbonyl (C=O) groups excluding carboxylic acids is 1. The van der Waals surface area contributed by atoms with Crippen LogP contribution >= 0.6 is 34.3 Å². The number of aromatic nitrogens is 1. The van der Waals surface area contributed by atoms with E-state index in [1.54, 1.807) is 24.3 Å². The van der Waals surface area contributed by atoms with Crippen molar-refractivity contribution in [3.8, 4) is 5.75 Å². The number of amides is 1. The summed E-state index contributed by atoms with van der Waals surface area (Å²) in [6, 6.07) is 9.00. The fourth-order valence-corrected chi connectivity index (χ4v) is 3.51. The minimum atomic E-state index is -0.142. The highest BCUT2D eigenvalue weighted by molar-refractivity contribution is 7.14. The lowest BCUT2D eigenvalue weighted by molar-refractivity contribution is 0.103. The van der Waals surface area contributed by atoms with Gasteiger partial charge in [-0.05, 0) is 42.6 Å². The first-order valence-electron chi connectivity index (χ1n) is 6.80. The molecule has 3 aromatic rings. The van der Waals surface area contributed by atoms with Crippen LogP contribution in [0.1, 0.15) is 20.4 Å². The number of halogens is 1. The molecule has 0 aliphatic heterocycles. The predicted molar refractivity (Wildman–Crippen MR) is 94.9 cm³/mol. The molecule has 7 heteroatoms. The van der Waals surface area contributed by atoms with Crippen LogP contribution in [0.5, 0.6) is 5.75 Å². The Labute approximate surface area is 146 Å². The highest BCUT2D eigenvalue weighted by Gasteiger charge is 2.16. The van der Waals surface area contributed by atoms with E-state index in [4.69, 9.17) is 16.3 Å². The number of thiazole rings is 1. The Hall–Kier alpha value is -1.89. The maximum atomic E-state index is 12.3. The molecule has 23 heavy (non-hydrogen) atoms. The van der Waals surface area contributed by atoms with Crippen molar-refractivity contribution in [1.29, 1.82) is 0 Å². The molecule has 3 rings (SSSR count). The number of rotatable bonds is 5. The molecule has 1 amide bonds. The van der Waals surface area contributed by atoms with E-state index in [1.807, 2.05) is 23.8 Å². The molecule has 2 aromatic heterocycles. The van der Waals surface area contributed by atoms with Gasteiger partial charge in [-0.15, -0.1) is 11.3 Å². The van der Waals surface area contributed by atoms with E-state index in [0.717, 1.165) is 10.7 Å². The van der Waals surface area contributed by atoms with Gasteiger partial charge in [0.2, 0.25) is 0 Å². The first kappa shape index (κ1) is 16.0. The minimum Gasteiger partial charge on any atom is -0.486 e. The molecule has 0 unspecified atom stereocenters. The topological polar surface area (TPSA) is 51.2 Å². The molecule has 4 nitrogen and oxygen atoms in total. The van der Waals surface area contributed by atoms with Crippen molar-refractivity contribution in [3.05, 3.63) is 61.7 Å². The quantitative estimate of drug-likeness (QED) is 0.693. The van der Waals surface area contributed by atoms with Crippen LogP contribution in [0.3, 0.4) is 0 Å². The molecule has 1 aromatic carbocycles. The average molecular weight is 365 g/mol. The number of ether oxygens (including phenoxy) is 1. The third-order valence-corrected chi connectivity index (χ3v) is 5.07. The maximum absolute atomic E-state index is 12.3. The Morgan fingerprint density at radius 3 is 2.78 bits per heavy atom. The molecular formula is C16H13ClN2O2S2. The van der Waals surface area contributed by atoms with Crippen LogP contribution < -0.4 is 10.1 Å². The zero-order valence-electron chi connectivity index (χ0n) is 12.2. The first-order valence-corrected chi connectivity index (χ1v) is 8.94. The normalized spacial score (nSPS) is 10.5. The van der Waals surface area contributed by atoms with Crippen molar-refractivity contribution >= 4 is 45.9 Å². The van der Waals surface area contributed by atoms with Gasteiger partial charge < -0.3 is 10.1 Å². The average Bonchev–Trinajstić information content (AvgIpc) is 3.16. The summed E-state index contributed by atoms with van der Waals surface area (Å²) in [5, 5.41) is 8.08. The number of benzene rings is 1. The van der Waals surface area contributed by atoms with Crippen molar-refractivity contribution in [1.82, 2.24) is 4.98 Å². The Bertz CT molecular complexity index is 798. The molecule has 0 fully saturated rings. The second-order valence-corrected chi connectivity index (χ2v) is 7.03. The van der Waals surface area contributed by atoms with E-state index >= 15 is 0 Å². The van der Waals surface area contributed by atoms with Crippen LogP contribution in [0, 0.1) is 6.92 Å². The second-order valence-electron chi connectivity index (χ2n) is 4.73. The minimum absolute atomic E-state index is 0.142. The lowest BCUT2D eigenvalue weighted by Crippen LogP contribution is -2.10. The summed E-state index contributed by atoms with van der Waals surface area (Å²) in [7, 11) is 0. The van der Waals surface area contributed by atoms with Crippen LogP contribution in [-0.2, 0) is 6.61 Å². The number of aryl methyl sites for hydroxylation is 1. The summed E-state index contributed by atoms with van der Waals surface area (Å²) in [6.07, 6.45) is 0. The molecule has 0 saturated carbocycles. The van der Waals surface area contributed by atoms with Gasteiger partial charge in [-0.2, -0.15) is 11.3 Å². The fourth-order valence-electron chi connectivity index (χ4n) is 1.92. The lowest BCUT2D eigenvalue weighted by Gasteiger charge is -2.03. The fraction of sp³-hybridized carbons (Fsp3) is 0.125. The summed E-state index contributed by atoms with van der Waals surface area (Å²) >= 11 is 8.71. The lowest BCUT2D eigenvalue weighted by atomic mass is 10.3. The maximum Gasteiger partial charge on any atom is 0.267 e. The number of nitrogens with one attached hydrogen (secondary N) is 1. The number of hydrogen-bond donors (Lipinski definition) is 1. The van der Waals surface area contributed by atoms with Crippen LogP contribution in [0.2, 0.25) is 5.02 Å². The van der Waals surface area contributed by atoms with Gasteiger partial charge in [-0.25, -0.2) is 4.98 Å². The van der Waals surface area contributed by atoms with E-state index in [1.165, 1.54) is 22.7 Å². The van der Waals surface area contributed by atoms with E-state index in [9.17, 15) is 4.79 Å². The molecule has 0 spiro atoms. The standard InChI is InChI=1S/C16H13ClN2O2S2/c1-10-15(16(20)19-12-6-7-22-9-12)23-14(18-10)8-21-13-4-2-11(17)3-5-13/h2-7,9H,8H2,1H3,(H,19,20). The van der Waals surface area contributed by atoms with Crippen molar-refractivity contribution in [2.75, 3.05) is 5.32 Å². The molecule has 0 radical (unpaired) electrons. The SMILES string of the molecule is Cc1nc(COc2ccc(Cl)cc2)sc1C(=O)Nc1ccsc1. The molecule has 118 valence electrons. The summed E-state index contributed by atoms with van der Waals surface area (Å²) in [5.74, 6) is 0.572. The molecule has 0 atom stereocenters. The number of carbonyl (C=O) groups is 1. The van der Waals surface area contributed by atoms with Crippen molar-refractivity contribution in [2.45, 2.75) is 13.5 Å². The zero-order valence-corrected chi connectivity index (χ0v) is 14.6. The third kappa shape index (κ3) is 4.10. The number of nitrogens with zero attached hydrogens (tertiary/aromatic N) is 1. The van der Waals surface area contributed by atoms with Crippen LogP contribution in [0.4, 0.5) is 5.69 Å². The molecule has 2 heterocycles. The summed E-state index contributed by atoms with van der Waals surface area (Å²) in [5.41, 5.74) is 1.50. The highest BCUT2D eigenvalue weighted by Crippen LogP contribution is 2.23. The Balaban J connectivity index is 1.65. The van der Waals surface area contributed by atoms with Gasteiger partial charge in [-0.1, -0.05) is 11.6 Å². The second kappa shape index (κ2) is 7.12. The van der Waals surface area contributed by atoms with E-state index in [0.29, 0.717) is 28.0 Å². The van der Waals surface area contributed by atoms with Gasteiger partial charge in [0.05, 0.1) is 11.4 Å². The molecule has 0 aliphatic rings. The smallest absolute Gasteiger partial charge is 0.267 e. The van der Waals surface area contributed by atoms with Gasteiger partial charge in [-0.3, -0.25) is 4.79 Å². The Kier molecular flexibility index (Phi) is 4.95. The predicted octanol–water partition coefficient (Wildman–Crippen LogP) is 5.00. The largest absolute Gasteiger partial charge is 0.486 e. The summed E-state index contributed by atoms with van der Waals surface area (Å²) < 4.78 is 5.66. The van der Waals surface area contributed by atoms with Gasteiger partial charge in [0.15, 0.2) is 0 Å². The molecule has 1 N–H and O–H groups in total. The summed E-state index contributed by atoms with van der Waals surface area (Å²) in [4.78, 5) is 17.3. The number of thiophene rings is 1. The van der Waals surface area contributed by atoms with Gasteiger partial charge in [0.1, 0.15) is 22.2 Å². The first-order chi connectivity index (χ1) is 11.1. The van der Waals surface area contributed by atoms with E-state index in [2.05, 4.69) is 10.3 Å². The van der Waals surface area contributed by atoms with Crippen LogP contribution in [-0.4, -0.2) is 10.9 Å². The van der Waals surface area contributed by atoms with Gasteiger partial charge in [0.25, 0.3) is 5.91 Å². The number of hydrogen-bond acceptors (Lipinski definition) is 5. The van der Waals surface area contributed by atoms with Crippen LogP contribution in [0.15, 0.2) is 41.1 Å². The van der Waals surface area contributed by atoms with Crippen molar-refractivity contribution < 1.29 is 9.53 Å². The van der Waals surface area contributed by atoms with Crippen molar-refractivity contribution in [3.63, 3.8) is 0 Å². The Morgan fingerprint density at radius 1 is 1.30 bits per heavy atom. The molecular weight excluding hydrogens is 352 g/mol. The summed E-state index contributed by atoms with van der Waals surface area (Å²) in [6.45, 7) is 2.14. The van der Waals surface area contributed by atoms with Gasteiger partial charge >= 0.3 is 0 Å². The molecule has 0 bridgehead atoms. The highest BCUT2D eigenvalue weighted by atomic mass is 35.5. The Morgan fingerprint density at radius 2 is 2.09 bits per heavy atom. The molecule has 0 saturated heterocycles. The van der Waals surface area contributed by atoms with E-state index < -0.39 is 0 Å². The van der Waals surface area contributed by atoms with Crippen molar-refractivity contribution in [2.24, 2.45) is 0 Å². The van der Waals surface area contributed by atoms with E-state index in [-0.39, 0.29) is 5.91 Å². The zero-order chi connectivity index (χ0) is 16.2. The number of anilines is 1. The third-order valence-electron chi connectivity index (χ3n) is 3.00. The molecule has 0 aliphatic carbocycles.